The SMILES string of the molecule is C=C(C)[C@@H]1CC[C@]2(C(=O)O)CC[C@]3(C)[C@H](CC[C@@H]4[C@@]5(C)CCC(=O)C(C)(C)[C@@H]5CC[C@]43C)[C@H]12. The minimum atomic E-state index is -0.547. The molecule has 184 valence electrons. The van der Waals surface area contributed by atoms with Gasteiger partial charge in [-0.1, -0.05) is 46.8 Å². The van der Waals surface area contributed by atoms with Crippen LogP contribution in [0.4, 0.5) is 0 Å². The Kier molecular flexibility index (Phi) is 4.99. The molecule has 5 saturated carbocycles. The molecule has 9 atom stereocenters. The predicted molar refractivity (Wildman–Crippen MR) is 132 cm³/mol. The average molecular weight is 455 g/mol. The van der Waals surface area contributed by atoms with Crippen LogP contribution < -0.4 is 0 Å². The van der Waals surface area contributed by atoms with E-state index in [0.29, 0.717) is 29.5 Å². The number of Topliss-reactive ketones (excluding diaryl/α,β-unsaturated/α-hetero) is 1. The van der Waals surface area contributed by atoms with Gasteiger partial charge >= 0.3 is 5.97 Å². The molecule has 1 N–H and O–H groups in total. The Bertz CT molecular complexity index is 902. The van der Waals surface area contributed by atoms with Gasteiger partial charge in [0.25, 0.3) is 0 Å². The summed E-state index contributed by atoms with van der Waals surface area (Å²) in [6.45, 7) is 18.5. The van der Waals surface area contributed by atoms with Crippen LogP contribution in [-0.4, -0.2) is 16.9 Å². The van der Waals surface area contributed by atoms with Crippen LogP contribution in [-0.2, 0) is 9.59 Å². The zero-order valence-electron chi connectivity index (χ0n) is 21.9. The molecule has 0 saturated heterocycles. The number of hydrogen-bond acceptors (Lipinski definition) is 2. The van der Waals surface area contributed by atoms with Gasteiger partial charge in [0.2, 0.25) is 0 Å². The second-order valence-electron chi connectivity index (χ2n) is 14.3. The quantitative estimate of drug-likeness (QED) is 0.445. The number of fused-ring (bicyclic) bond motifs is 7. The molecule has 3 heteroatoms. The first-order valence-electron chi connectivity index (χ1n) is 13.7. The fourth-order valence-electron chi connectivity index (χ4n) is 11.3. The van der Waals surface area contributed by atoms with Gasteiger partial charge in [-0.2, -0.15) is 0 Å². The molecular weight excluding hydrogens is 408 g/mol. The van der Waals surface area contributed by atoms with Crippen LogP contribution >= 0.6 is 0 Å². The third-order valence-electron chi connectivity index (χ3n) is 13.2. The highest BCUT2D eigenvalue weighted by Crippen LogP contribution is 2.77. The molecule has 0 aliphatic heterocycles. The average Bonchev–Trinajstić information content (AvgIpc) is 3.13. The Morgan fingerprint density at radius 2 is 1.58 bits per heavy atom. The molecule has 0 aromatic rings. The molecule has 5 rings (SSSR count). The normalized spacial score (nSPS) is 52.8. The van der Waals surface area contributed by atoms with Crippen molar-refractivity contribution in [2.45, 2.75) is 106 Å². The number of carbonyl (C=O) groups is 2. The van der Waals surface area contributed by atoms with E-state index >= 15 is 0 Å². The monoisotopic (exact) mass is 454 g/mol. The van der Waals surface area contributed by atoms with Gasteiger partial charge < -0.3 is 5.11 Å². The number of ketones is 1. The van der Waals surface area contributed by atoms with Gasteiger partial charge in [-0.3, -0.25) is 9.59 Å². The van der Waals surface area contributed by atoms with Gasteiger partial charge in [-0.05, 0) is 111 Å². The second kappa shape index (κ2) is 6.97. The van der Waals surface area contributed by atoms with Crippen LogP contribution in [0.25, 0.3) is 0 Å². The van der Waals surface area contributed by atoms with Crippen molar-refractivity contribution in [3.63, 3.8) is 0 Å². The molecule has 0 aromatic carbocycles. The standard InChI is InChI=1S/C30H46O3/c1-18(2)19-10-15-30(25(32)33)17-16-28(6)20(24(19)30)8-9-22-27(5)13-12-23(31)26(3,4)21(27)11-14-29(22,28)7/h19-22,24H,1,8-17H2,2-7H3,(H,32,33)/t19-,20+,21-,22+,24-,27-,28+,29+,30-/m0/s1. The summed E-state index contributed by atoms with van der Waals surface area (Å²) in [5.74, 6) is 2.07. The lowest BCUT2D eigenvalue weighted by Gasteiger charge is -2.72. The first-order valence-corrected chi connectivity index (χ1v) is 13.7. The molecule has 5 fully saturated rings. The zero-order chi connectivity index (χ0) is 24.2. The maximum atomic E-state index is 12.9. The summed E-state index contributed by atoms with van der Waals surface area (Å²) in [4.78, 5) is 25.7. The lowest BCUT2D eigenvalue weighted by atomic mass is 9.32. The maximum absolute atomic E-state index is 12.9. The lowest BCUT2D eigenvalue weighted by Crippen LogP contribution is -2.66. The van der Waals surface area contributed by atoms with Crippen molar-refractivity contribution in [1.29, 1.82) is 0 Å². The summed E-state index contributed by atoms with van der Waals surface area (Å²) < 4.78 is 0. The Hall–Kier alpha value is -1.12. The zero-order valence-corrected chi connectivity index (χ0v) is 21.9. The summed E-state index contributed by atoms with van der Waals surface area (Å²) in [6, 6.07) is 0. The van der Waals surface area contributed by atoms with Crippen molar-refractivity contribution in [2.75, 3.05) is 0 Å². The van der Waals surface area contributed by atoms with E-state index in [9.17, 15) is 14.7 Å². The van der Waals surface area contributed by atoms with Gasteiger partial charge in [0.1, 0.15) is 5.78 Å². The highest BCUT2D eigenvalue weighted by Gasteiger charge is 2.72. The van der Waals surface area contributed by atoms with Gasteiger partial charge in [0.15, 0.2) is 0 Å². The van der Waals surface area contributed by atoms with Crippen molar-refractivity contribution < 1.29 is 14.7 Å². The minimum absolute atomic E-state index is 0.164. The van der Waals surface area contributed by atoms with Gasteiger partial charge in [0, 0.05) is 11.8 Å². The van der Waals surface area contributed by atoms with E-state index in [4.69, 9.17) is 0 Å². The smallest absolute Gasteiger partial charge is 0.309 e. The number of rotatable bonds is 2. The van der Waals surface area contributed by atoms with Gasteiger partial charge in [-0.15, -0.1) is 0 Å². The Morgan fingerprint density at radius 1 is 0.879 bits per heavy atom. The van der Waals surface area contributed by atoms with Crippen LogP contribution in [0.1, 0.15) is 106 Å². The molecule has 5 aliphatic rings. The molecule has 0 amide bonds. The molecule has 5 aliphatic carbocycles. The number of carboxylic acids is 1. The van der Waals surface area contributed by atoms with E-state index in [1.54, 1.807) is 0 Å². The van der Waals surface area contributed by atoms with E-state index in [1.165, 1.54) is 18.4 Å². The number of carbonyl (C=O) groups excluding carboxylic acids is 1. The summed E-state index contributed by atoms with van der Waals surface area (Å²) in [5.41, 5.74) is 1.03. The predicted octanol–water partition coefficient (Wildman–Crippen LogP) is 7.30. The van der Waals surface area contributed by atoms with Crippen molar-refractivity contribution in [3.05, 3.63) is 12.2 Å². The molecule has 0 unspecified atom stereocenters. The van der Waals surface area contributed by atoms with Crippen LogP contribution in [0.2, 0.25) is 0 Å². The molecular formula is C30H46O3. The number of carboxylic acid groups (broad SMARTS) is 1. The fourth-order valence-corrected chi connectivity index (χ4v) is 11.3. The summed E-state index contributed by atoms with van der Waals surface area (Å²) in [5, 5.41) is 10.5. The van der Waals surface area contributed by atoms with Gasteiger partial charge in [-0.25, -0.2) is 0 Å². The van der Waals surface area contributed by atoms with Crippen molar-refractivity contribution in [1.82, 2.24) is 0 Å². The number of allylic oxidation sites excluding steroid dienone is 1. The van der Waals surface area contributed by atoms with Crippen LogP contribution in [0, 0.1) is 56.7 Å². The topological polar surface area (TPSA) is 54.4 Å². The Balaban J connectivity index is 1.57. The molecule has 0 heterocycles. The molecule has 0 bridgehead atoms. The fraction of sp³-hybridized carbons (Fsp3) is 0.867. The third kappa shape index (κ3) is 2.69. The molecule has 0 aromatic heterocycles. The highest BCUT2D eigenvalue weighted by molar-refractivity contribution is 5.85. The first kappa shape index (κ1) is 23.6. The van der Waals surface area contributed by atoms with Crippen molar-refractivity contribution in [3.8, 4) is 0 Å². The van der Waals surface area contributed by atoms with Gasteiger partial charge in [0.05, 0.1) is 5.41 Å². The largest absolute Gasteiger partial charge is 0.481 e. The van der Waals surface area contributed by atoms with E-state index in [1.807, 2.05) is 0 Å². The number of hydrogen-bond donors (Lipinski definition) is 1. The van der Waals surface area contributed by atoms with E-state index < -0.39 is 11.4 Å². The second-order valence-corrected chi connectivity index (χ2v) is 14.3. The van der Waals surface area contributed by atoms with Crippen LogP contribution in [0.15, 0.2) is 12.2 Å². The molecule has 3 nitrogen and oxygen atoms in total. The Morgan fingerprint density at radius 3 is 2.21 bits per heavy atom. The van der Waals surface area contributed by atoms with E-state index in [0.717, 1.165) is 51.4 Å². The Labute approximate surface area is 201 Å². The highest BCUT2D eigenvalue weighted by atomic mass is 16.4. The minimum Gasteiger partial charge on any atom is -0.481 e. The van der Waals surface area contributed by atoms with Crippen molar-refractivity contribution >= 4 is 11.8 Å². The molecule has 0 radical (unpaired) electrons. The third-order valence-corrected chi connectivity index (χ3v) is 13.2. The lowest BCUT2D eigenvalue weighted by molar-refractivity contribution is -0.235. The maximum Gasteiger partial charge on any atom is 0.309 e. The van der Waals surface area contributed by atoms with E-state index in [-0.39, 0.29) is 27.6 Å². The molecule has 33 heavy (non-hydrogen) atoms. The summed E-state index contributed by atoms with van der Waals surface area (Å²) in [7, 11) is 0. The summed E-state index contributed by atoms with van der Waals surface area (Å²) >= 11 is 0. The molecule has 0 spiro atoms. The van der Waals surface area contributed by atoms with Crippen LogP contribution in [0.3, 0.4) is 0 Å². The van der Waals surface area contributed by atoms with Crippen LogP contribution in [0.5, 0.6) is 0 Å². The van der Waals surface area contributed by atoms with E-state index in [2.05, 4.69) is 48.1 Å². The summed E-state index contributed by atoms with van der Waals surface area (Å²) in [6.07, 6.45) is 10.1. The van der Waals surface area contributed by atoms with Crippen molar-refractivity contribution in [2.24, 2.45) is 56.7 Å². The number of aliphatic carboxylic acids is 1. The first-order chi connectivity index (χ1) is 15.3.